The Morgan fingerprint density at radius 1 is 1.33 bits per heavy atom. The third kappa shape index (κ3) is 2.81. The number of pyridine rings is 2. The van der Waals surface area contributed by atoms with Crippen molar-refractivity contribution < 1.29 is 19.0 Å². The lowest BCUT2D eigenvalue weighted by Gasteiger charge is -2.34. The van der Waals surface area contributed by atoms with Crippen LogP contribution < -0.4 is 9.47 Å². The van der Waals surface area contributed by atoms with Crippen LogP contribution in [0.15, 0.2) is 42.8 Å². The first kappa shape index (κ1) is 20.1. The number of carbonyl (C=O) groups excluding carboxylic acids is 1. The van der Waals surface area contributed by atoms with Gasteiger partial charge >= 0.3 is 0 Å². The van der Waals surface area contributed by atoms with Gasteiger partial charge in [0.15, 0.2) is 11.5 Å². The van der Waals surface area contributed by atoms with E-state index in [9.17, 15) is 4.79 Å². The molecule has 0 aromatic carbocycles. The summed E-state index contributed by atoms with van der Waals surface area (Å²) in [6, 6.07) is 3.73. The number of hydrogen-bond acceptors (Lipinski definition) is 6. The summed E-state index contributed by atoms with van der Waals surface area (Å²) in [5.74, 6) is 0.809. The fraction of sp³-hybridized carbons (Fsp3) is 0.348. The molecule has 0 radical (unpaired) electrons. The van der Waals surface area contributed by atoms with E-state index >= 15 is 0 Å². The predicted molar refractivity (Wildman–Crippen MR) is 112 cm³/mol. The molecular weight excluding hydrogens is 382 g/mol. The molecule has 4 heterocycles. The Morgan fingerprint density at radius 3 is 2.73 bits per heavy atom. The highest BCUT2D eigenvalue weighted by Crippen LogP contribution is 2.49. The van der Waals surface area contributed by atoms with E-state index in [0.29, 0.717) is 47.3 Å². The Hall–Kier alpha value is -3.19. The molecule has 0 aliphatic carbocycles. The van der Waals surface area contributed by atoms with Crippen LogP contribution in [0, 0.1) is 6.92 Å². The van der Waals surface area contributed by atoms with Crippen LogP contribution >= 0.6 is 0 Å². The third-order valence-electron chi connectivity index (χ3n) is 5.66. The summed E-state index contributed by atoms with van der Waals surface area (Å²) in [4.78, 5) is 24.4. The molecule has 2 aliphatic heterocycles. The Morgan fingerprint density at radius 2 is 2.13 bits per heavy atom. The lowest BCUT2D eigenvalue weighted by molar-refractivity contribution is -0.0873. The van der Waals surface area contributed by atoms with Crippen LogP contribution in [-0.4, -0.2) is 41.6 Å². The minimum Gasteiger partial charge on any atom is -0.491 e. The molecule has 1 spiro atoms. The van der Waals surface area contributed by atoms with Crippen molar-refractivity contribution in [2.75, 3.05) is 20.8 Å². The Bertz CT molecular complexity index is 1050. The number of amides is 1. The van der Waals surface area contributed by atoms with Crippen molar-refractivity contribution in [3.63, 3.8) is 0 Å². The van der Waals surface area contributed by atoms with Gasteiger partial charge in [0.05, 0.1) is 32.1 Å². The zero-order chi connectivity index (χ0) is 21.5. The first-order valence-electron chi connectivity index (χ1n) is 9.88. The molecule has 7 nitrogen and oxygen atoms in total. The number of nitrogens with zero attached hydrogens (tertiary/aromatic N) is 3. The van der Waals surface area contributed by atoms with E-state index in [1.807, 2.05) is 32.1 Å². The van der Waals surface area contributed by atoms with Crippen LogP contribution in [-0.2, 0) is 10.5 Å². The second kappa shape index (κ2) is 7.57. The summed E-state index contributed by atoms with van der Waals surface area (Å²) in [5.41, 5.74) is 3.36. The first-order chi connectivity index (χ1) is 14.5. The summed E-state index contributed by atoms with van der Waals surface area (Å²) >= 11 is 0. The summed E-state index contributed by atoms with van der Waals surface area (Å²) in [5, 5.41) is 0. The van der Waals surface area contributed by atoms with E-state index in [1.165, 1.54) is 0 Å². The van der Waals surface area contributed by atoms with Crippen molar-refractivity contribution in [3.8, 4) is 22.9 Å². The number of allylic oxidation sites excluding steroid dienone is 2. The fourth-order valence-corrected chi connectivity index (χ4v) is 4.28. The van der Waals surface area contributed by atoms with Crippen LogP contribution in [0.25, 0.3) is 11.3 Å². The molecule has 0 saturated carbocycles. The van der Waals surface area contributed by atoms with E-state index < -0.39 is 5.72 Å². The molecule has 2 aromatic rings. The summed E-state index contributed by atoms with van der Waals surface area (Å²) in [6.07, 6.45) is 6.76. The topological polar surface area (TPSA) is 73.8 Å². The Balaban J connectivity index is 1.91. The largest absolute Gasteiger partial charge is 0.491 e. The molecule has 1 amide bonds. The summed E-state index contributed by atoms with van der Waals surface area (Å²) in [6.45, 7) is 8.26. The molecule has 2 aromatic heterocycles. The Kier molecular flexibility index (Phi) is 5.07. The minimum atomic E-state index is -0.910. The first-order valence-corrected chi connectivity index (χ1v) is 9.88. The number of ether oxygens (including phenoxy) is 3. The van der Waals surface area contributed by atoms with Crippen molar-refractivity contribution in [2.24, 2.45) is 0 Å². The van der Waals surface area contributed by atoms with Gasteiger partial charge in [0, 0.05) is 23.9 Å². The average Bonchev–Trinajstić information content (AvgIpc) is 3.34. The van der Waals surface area contributed by atoms with Crippen molar-refractivity contribution in [1.82, 2.24) is 14.9 Å². The van der Waals surface area contributed by atoms with Crippen LogP contribution in [0.3, 0.4) is 0 Å². The van der Waals surface area contributed by atoms with Crippen molar-refractivity contribution in [1.29, 1.82) is 0 Å². The molecule has 1 fully saturated rings. The molecular formula is C23H25N3O4. The molecule has 1 saturated heterocycles. The standard InChI is InChI=1S/C23H25N3O4/c1-6-16(7-2)26-22(27)19-14(3)11-17(25-20(19)23(26)9-8-10-30-23)15-12-18(28-4)21(29-5)24-13-15/h6-7,11-13H,1,8-10H2,2-5H3/b16-7+. The van der Waals surface area contributed by atoms with Crippen LogP contribution in [0.4, 0.5) is 0 Å². The number of fused-ring (bicyclic) bond motifs is 2. The van der Waals surface area contributed by atoms with E-state index in [2.05, 4.69) is 11.6 Å². The van der Waals surface area contributed by atoms with Gasteiger partial charge in [0.2, 0.25) is 0 Å². The van der Waals surface area contributed by atoms with Crippen molar-refractivity contribution in [2.45, 2.75) is 32.4 Å². The number of aryl methyl sites for hydroxylation is 1. The maximum Gasteiger partial charge on any atom is 0.263 e. The maximum atomic E-state index is 13.4. The fourth-order valence-electron chi connectivity index (χ4n) is 4.28. The number of aromatic nitrogens is 2. The quantitative estimate of drug-likeness (QED) is 0.698. The minimum absolute atomic E-state index is 0.109. The highest BCUT2D eigenvalue weighted by molar-refractivity contribution is 6.02. The lowest BCUT2D eigenvalue weighted by Crippen LogP contribution is -2.42. The molecule has 0 bridgehead atoms. The normalized spacial score (nSPS) is 20.6. The monoisotopic (exact) mass is 407 g/mol. The number of hydrogen-bond donors (Lipinski definition) is 0. The van der Waals surface area contributed by atoms with Crippen molar-refractivity contribution >= 4 is 5.91 Å². The zero-order valence-corrected chi connectivity index (χ0v) is 17.7. The lowest BCUT2D eigenvalue weighted by atomic mass is 9.99. The molecule has 7 heteroatoms. The second-order valence-corrected chi connectivity index (χ2v) is 7.28. The third-order valence-corrected chi connectivity index (χ3v) is 5.66. The van der Waals surface area contributed by atoms with Gasteiger partial charge in [-0.25, -0.2) is 9.97 Å². The second-order valence-electron chi connectivity index (χ2n) is 7.28. The average molecular weight is 407 g/mol. The maximum absolute atomic E-state index is 13.4. The van der Waals surface area contributed by atoms with E-state index in [4.69, 9.17) is 19.2 Å². The molecule has 1 atom stereocenters. The molecule has 4 rings (SSSR count). The van der Waals surface area contributed by atoms with Gasteiger partial charge in [-0.05, 0) is 44.0 Å². The predicted octanol–water partition coefficient (Wildman–Crippen LogP) is 3.98. The van der Waals surface area contributed by atoms with Gasteiger partial charge in [0.1, 0.15) is 5.69 Å². The number of carbonyl (C=O) groups is 1. The van der Waals surface area contributed by atoms with E-state index in [-0.39, 0.29) is 5.91 Å². The zero-order valence-electron chi connectivity index (χ0n) is 17.7. The highest BCUT2D eigenvalue weighted by atomic mass is 16.5. The smallest absolute Gasteiger partial charge is 0.263 e. The van der Waals surface area contributed by atoms with Crippen LogP contribution in [0.5, 0.6) is 11.6 Å². The van der Waals surface area contributed by atoms with Crippen LogP contribution in [0.1, 0.15) is 41.4 Å². The molecule has 30 heavy (non-hydrogen) atoms. The SMILES string of the molecule is C=C/C(=C\C)N1C(=O)c2c(C)cc(-c3cnc(OC)c(OC)c3)nc2C12CCCO2. The van der Waals surface area contributed by atoms with Gasteiger partial charge in [-0.15, -0.1) is 0 Å². The van der Waals surface area contributed by atoms with Gasteiger partial charge < -0.3 is 14.2 Å². The number of methoxy groups -OCH3 is 2. The van der Waals surface area contributed by atoms with Gasteiger partial charge in [-0.1, -0.05) is 12.7 Å². The molecule has 156 valence electrons. The summed E-state index contributed by atoms with van der Waals surface area (Å²) in [7, 11) is 3.11. The summed E-state index contributed by atoms with van der Waals surface area (Å²) < 4.78 is 16.8. The highest BCUT2D eigenvalue weighted by Gasteiger charge is 2.55. The molecule has 1 unspecified atom stereocenters. The molecule has 2 aliphatic rings. The Labute approximate surface area is 176 Å². The van der Waals surface area contributed by atoms with E-state index in [1.54, 1.807) is 31.4 Å². The van der Waals surface area contributed by atoms with Gasteiger partial charge in [-0.3, -0.25) is 9.69 Å². The van der Waals surface area contributed by atoms with E-state index in [0.717, 1.165) is 17.5 Å². The molecule has 0 N–H and O–H groups in total. The number of rotatable bonds is 5. The van der Waals surface area contributed by atoms with Crippen LogP contribution in [0.2, 0.25) is 0 Å². The van der Waals surface area contributed by atoms with Gasteiger partial charge in [-0.2, -0.15) is 0 Å². The van der Waals surface area contributed by atoms with Crippen molar-refractivity contribution in [3.05, 3.63) is 59.6 Å². The van der Waals surface area contributed by atoms with Gasteiger partial charge in [0.25, 0.3) is 11.8 Å².